The zero-order valence-corrected chi connectivity index (χ0v) is 13.7. The van der Waals surface area contributed by atoms with Crippen molar-refractivity contribution in [1.29, 1.82) is 0 Å². The van der Waals surface area contributed by atoms with Gasteiger partial charge in [0.25, 0.3) is 0 Å². The first-order valence-corrected chi connectivity index (χ1v) is 8.30. The zero-order chi connectivity index (χ0) is 14.7. The lowest BCUT2D eigenvalue weighted by Gasteiger charge is -2.34. The summed E-state index contributed by atoms with van der Waals surface area (Å²) in [6.45, 7) is 6.27. The molecule has 0 aliphatic heterocycles. The highest BCUT2D eigenvalue weighted by Gasteiger charge is 2.25. The monoisotopic (exact) mass is 295 g/mol. The van der Waals surface area contributed by atoms with Crippen molar-refractivity contribution in [2.24, 2.45) is 5.92 Å². The van der Waals surface area contributed by atoms with Gasteiger partial charge < -0.3 is 10.2 Å². The molecular weight excluding hydrogens is 270 g/mol. The molecule has 2 rings (SSSR count). The molecule has 2 amide bonds. The van der Waals surface area contributed by atoms with Gasteiger partial charge >= 0.3 is 6.03 Å². The van der Waals surface area contributed by atoms with Crippen LogP contribution in [0.2, 0.25) is 0 Å². The van der Waals surface area contributed by atoms with E-state index in [-0.39, 0.29) is 12.1 Å². The van der Waals surface area contributed by atoms with Gasteiger partial charge in [-0.3, -0.25) is 0 Å². The molecule has 5 heteroatoms. The van der Waals surface area contributed by atoms with Crippen LogP contribution in [0.3, 0.4) is 0 Å². The third kappa shape index (κ3) is 3.72. The van der Waals surface area contributed by atoms with Crippen LogP contribution in [-0.2, 0) is 0 Å². The van der Waals surface area contributed by atoms with Crippen molar-refractivity contribution in [3.05, 3.63) is 16.1 Å². The lowest BCUT2D eigenvalue weighted by molar-refractivity contribution is 0.161. The Kier molecular flexibility index (Phi) is 5.02. The summed E-state index contributed by atoms with van der Waals surface area (Å²) < 4.78 is 0. The largest absolute Gasteiger partial charge is 0.330 e. The average molecular weight is 295 g/mol. The highest BCUT2D eigenvalue weighted by atomic mass is 32.1. The molecule has 4 nitrogen and oxygen atoms in total. The van der Waals surface area contributed by atoms with E-state index in [0.717, 1.165) is 29.5 Å². The van der Waals surface area contributed by atoms with Gasteiger partial charge in [-0.05, 0) is 45.4 Å². The van der Waals surface area contributed by atoms with Crippen LogP contribution in [0.25, 0.3) is 0 Å². The van der Waals surface area contributed by atoms with Crippen molar-refractivity contribution in [3.8, 4) is 0 Å². The molecule has 1 aliphatic carbocycles. The number of rotatable bonds is 3. The second kappa shape index (κ2) is 6.57. The third-order valence-corrected chi connectivity index (χ3v) is 5.07. The molecule has 1 unspecified atom stereocenters. The van der Waals surface area contributed by atoms with Gasteiger partial charge in [0, 0.05) is 18.5 Å². The number of aromatic nitrogens is 1. The van der Waals surface area contributed by atoms with E-state index in [1.165, 1.54) is 12.8 Å². The van der Waals surface area contributed by atoms with E-state index in [2.05, 4.69) is 17.2 Å². The van der Waals surface area contributed by atoms with Crippen molar-refractivity contribution in [3.63, 3.8) is 0 Å². The lowest BCUT2D eigenvalue weighted by atomic mass is 9.87. The van der Waals surface area contributed by atoms with Crippen molar-refractivity contribution in [1.82, 2.24) is 15.2 Å². The van der Waals surface area contributed by atoms with E-state index in [1.807, 2.05) is 31.2 Å². The van der Waals surface area contributed by atoms with Gasteiger partial charge in [0.15, 0.2) is 0 Å². The van der Waals surface area contributed by atoms with Crippen molar-refractivity contribution < 1.29 is 4.79 Å². The molecule has 1 N–H and O–H groups in total. The maximum absolute atomic E-state index is 12.3. The summed E-state index contributed by atoms with van der Waals surface area (Å²) in [5.41, 5.74) is 0.950. The average Bonchev–Trinajstić information content (AvgIpc) is 2.85. The topological polar surface area (TPSA) is 45.2 Å². The Labute approximate surface area is 125 Å². The normalized spacial score (nSPS) is 24.2. The van der Waals surface area contributed by atoms with Gasteiger partial charge in [-0.1, -0.05) is 6.92 Å². The number of thiazole rings is 1. The zero-order valence-electron chi connectivity index (χ0n) is 12.8. The van der Waals surface area contributed by atoms with E-state index >= 15 is 0 Å². The summed E-state index contributed by atoms with van der Waals surface area (Å²) in [5.74, 6) is 0.805. The Balaban J connectivity index is 1.87. The maximum atomic E-state index is 12.3. The Hall–Kier alpha value is -1.10. The van der Waals surface area contributed by atoms with Gasteiger partial charge in [-0.2, -0.15) is 0 Å². The number of carbonyl (C=O) groups is 1. The molecule has 1 aliphatic rings. The SMILES string of the molecule is Cc1nc(C(C)NC(=O)N(C)C2CCC(C)CC2)cs1. The smallest absolute Gasteiger partial charge is 0.317 e. The second-order valence-electron chi connectivity index (χ2n) is 5.99. The summed E-state index contributed by atoms with van der Waals surface area (Å²) in [6, 6.07) is 0.371. The maximum Gasteiger partial charge on any atom is 0.317 e. The van der Waals surface area contributed by atoms with Crippen LogP contribution >= 0.6 is 11.3 Å². The van der Waals surface area contributed by atoms with Crippen molar-refractivity contribution in [2.75, 3.05) is 7.05 Å². The Bertz CT molecular complexity index is 452. The van der Waals surface area contributed by atoms with E-state index in [9.17, 15) is 4.79 Å². The second-order valence-corrected chi connectivity index (χ2v) is 7.05. The van der Waals surface area contributed by atoms with Gasteiger partial charge in [-0.25, -0.2) is 9.78 Å². The number of nitrogens with zero attached hydrogens (tertiary/aromatic N) is 2. The van der Waals surface area contributed by atoms with Gasteiger partial charge in [-0.15, -0.1) is 11.3 Å². The molecule has 0 saturated heterocycles. The molecule has 112 valence electrons. The number of nitrogens with one attached hydrogen (secondary N) is 1. The van der Waals surface area contributed by atoms with Crippen LogP contribution in [0.4, 0.5) is 4.79 Å². The first kappa shape index (κ1) is 15.3. The quantitative estimate of drug-likeness (QED) is 0.923. The molecule has 0 aromatic carbocycles. The van der Waals surface area contributed by atoms with Crippen LogP contribution < -0.4 is 5.32 Å². The predicted octanol–water partition coefficient (Wildman–Crippen LogP) is 3.73. The van der Waals surface area contributed by atoms with Crippen LogP contribution in [0.15, 0.2) is 5.38 Å². The number of carbonyl (C=O) groups excluding carboxylic acids is 1. The summed E-state index contributed by atoms with van der Waals surface area (Å²) in [7, 11) is 1.91. The minimum Gasteiger partial charge on any atom is -0.330 e. The van der Waals surface area contributed by atoms with Gasteiger partial charge in [0.2, 0.25) is 0 Å². The van der Waals surface area contributed by atoms with Crippen molar-refractivity contribution in [2.45, 2.75) is 58.5 Å². The van der Waals surface area contributed by atoms with E-state index in [0.29, 0.717) is 6.04 Å². The molecular formula is C15H25N3OS. The minimum atomic E-state index is -0.0302. The number of amides is 2. The third-order valence-electron chi connectivity index (χ3n) is 4.27. The predicted molar refractivity (Wildman–Crippen MR) is 83.0 cm³/mol. The van der Waals surface area contributed by atoms with Crippen LogP contribution in [0.1, 0.15) is 56.3 Å². The molecule has 20 heavy (non-hydrogen) atoms. The summed E-state index contributed by atoms with van der Waals surface area (Å²) >= 11 is 1.62. The molecule has 1 atom stereocenters. The molecule has 0 radical (unpaired) electrons. The number of hydrogen-bond donors (Lipinski definition) is 1. The standard InChI is InChI=1S/C15H25N3OS/c1-10-5-7-13(8-6-10)18(4)15(19)16-11(2)14-9-20-12(3)17-14/h9-11,13H,5-8H2,1-4H3,(H,16,19). The van der Waals surface area contributed by atoms with E-state index in [4.69, 9.17) is 0 Å². The molecule has 0 spiro atoms. The fourth-order valence-electron chi connectivity index (χ4n) is 2.74. The molecule has 1 aromatic rings. The van der Waals surface area contributed by atoms with E-state index in [1.54, 1.807) is 11.3 Å². The Morgan fingerprint density at radius 3 is 2.65 bits per heavy atom. The minimum absolute atomic E-state index is 0.0164. The summed E-state index contributed by atoms with van der Waals surface area (Å²) in [4.78, 5) is 18.6. The van der Waals surface area contributed by atoms with Crippen LogP contribution in [-0.4, -0.2) is 29.0 Å². The molecule has 1 fully saturated rings. The van der Waals surface area contributed by atoms with E-state index < -0.39 is 0 Å². The number of aryl methyl sites for hydroxylation is 1. The molecule has 1 saturated carbocycles. The lowest BCUT2D eigenvalue weighted by Crippen LogP contribution is -2.45. The molecule has 1 aromatic heterocycles. The van der Waals surface area contributed by atoms with Gasteiger partial charge in [0.1, 0.15) is 0 Å². The fraction of sp³-hybridized carbons (Fsp3) is 0.733. The molecule has 1 heterocycles. The van der Waals surface area contributed by atoms with Crippen LogP contribution in [0, 0.1) is 12.8 Å². The summed E-state index contributed by atoms with van der Waals surface area (Å²) in [6.07, 6.45) is 4.69. The highest BCUT2D eigenvalue weighted by molar-refractivity contribution is 7.09. The Morgan fingerprint density at radius 2 is 2.10 bits per heavy atom. The number of hydrogen-bond acceptors (Lipinski definition) is 3. The molecule has 0 bridgehead atoms. The number of urea groups is 1. The fourth-order valence-corrected chi connectivity index (χ4v) is 3.44. The summed E-state index contributed by atoms with van der Waals surface area (Å²) in [5, 5.41) is 6.10. The van der Waals surface area contributed by atoms with Crippen LogP contribution in [0.5, 0.6) is 0 Å². The van der Waals surface area contributed by atoms with Crippen molar-refractivity contribution >= 4 is 17.4 Å². The highest BCUT2D eigenvalue weighted by Crippen LogP contribution is 2.26. The first-order valence-electron chi connectivity index (χ1n) is 7.42. The Morgan fingerprint density at radius 1 is 1.45 bits per heavy atom. The van der Waals surface area contributed by atoms with Gasteiger partial charge in [0.05, 0.1) is 16.7 Å². The first-order chi connectivity index (χ1) is 9.47.